The van der Waals surface area contributed by atoms with Crippen LogP contribution in [0.3, 0.4) is 0 Å². The normalized spacial score (nSPS) is 11.5. The topological polar surface area (TPSA) is 8.17 Å². The van der Waals surface area contributed by atoms with Gasteiger partial charge in [0.2, 0.25) is 0 Å². The minimum Gasteiger partial charge on any atom is -0.310 e. The SMILES string of the molecule is c1ccc(-c2ccc(N(c3ccc(-c4ccc5c6ccc7ccccc7c6n(-c6ccccc6)c5c4)cc3)c3cc4ccccc4c4ccccc34)cc2-c2ccccc2)cc1. The average molecular weight is 789 g/mol. The summed E-state index contributed by atoms with van der Waals surface area (Å²) in [5.41, 5.74) is 14.0. The summed E-state index contributed by atoms with van der Waals surface area (Å²) in [5, 5.41) is 9.91. The lowest BCUT2D eigenvalue weighted by atomic mass is 9.93. The van der Waals surface area contributed by atoms with Crippen molar-refractivity contribution in [2.24, 2.45) is 0 Å². The van der Waals surface area contributed by atoms with Gasteiger partial charge in [-0.25, -0.2) is 0 Å². The lowest BCUT2D eigenvalue weighted by molar-refractivity contribution is 1.19. The molecule has 0 radical (unpaired) electrons. The van der Waals surface area contributed by atoms with Crippen LogP contribution < -0.4 is 4.90 Å². The fraction of sp³-hybridized carbons (Fsp3) is 0. The van der Waals surface area contributed by atoms with Gasteiger partial charge < -0.3 is 9.47 Å². The van der Waals surface area contributed by atoms with Crippen LogP contribution in [0.1, 0.15) is 0 Å². The van der Waals surface area contributed by atoms with E-state index in [1.165, 1.54) is 81.9 Å². The van der Waals surface area contributed by atoms with E-state index in [2.05, 4.69) is 252 Å². The Morgan fingerprint density at radius 1 is 0.290 bits per heavy atom. The van der Waals surface area contributed by atoms with Crippen molar-refractivity contribution in [3.05, 3.63) is 243 Å². The van der Waals surface area contributed by atoms with Crippen molar-refractivity contribution >= 4 is 71.2 Å². The minimum absolute atomic E-state index is 1.09. The number of anilines is 3. The largest absolute Gasteiger partial charge is 0.310 e. The first-order valence-corrected chi connectivity index (χ1v) is 21.3. The monoisotopic (exact) mass is 788 g/mol. The van der Waals surface area contributed by atoms with Crippen LogP contribution in [0, 0.1) is 0 Å². The van der Waals surface area contributed by atoms with Crippen LogP contribution in [0.5, 0.6) is 0 Å². The molecule has 12 aromatic rings. The van der Waals surface area contributed by atoms with E-state index in [1.54, 1.807) is 0 Å². The highest BCUT2D eigenvalue weighted by Gasteiger charge is 2.21. The van der Waals surface area contributed by atoms with Gasteiger partial charge in [-0.05, 0) is 103 Å². The van der Waals surface area contributed by atoms with Gasteiger partial charge in [0, 0.05) is 38.6 Å². The van der Waals surface area contributed by atoms with E-state index in [1.807, 2.05) is 0 Å². The molecule has 11 aromatic carbocycles. The molecule has 0 fully saturated rings. The van der Waals surface area contributed by atoms with Gasteiger partial charge in [0.15, 0.2) is 0 Å². The maximum absolute atomic E-state index is 2.45. The Balaban J connectivity index is 1.05. The quantitative estimate of drug-likeness (QED) is 0.146. The van der Waals surface area contributed by atoms with E-state index in [9.17, 15) is 0 Å². The first kappa shape index (κ1) is 35.7. The van der Waals surface area contributed by atoms with E-state index in [4.69, 9.17) is 0 Å². The van der Waals surface area contributed by atoms with Gasteiger partial charge in [-0.1, -0.05) is 194 Å². The Morgan fingerprint density at radius 2 is 0.855 bits per heavy atom. The molecular weight excluding hydrogens is 749 g/mol. The van der Waals surface area contributed by atoms with Crippen LogP contribution in [0.4, 0.5) is 17.1 Å². The summed E-state index contributed by atoms with van der Waals surface area (Å²) in [6.07, 6.45) is 0. The van der Waals surface area contributed by atoms with Crippen LogP contribution in [0.25, 0.3) is 93.2 Å². The Labute approximate surface area is 360 Å². The molecule has 62 heavy (non-hydrogen) atoms. The molecular formula is C60H40N2. The molecule has 0 atom stereocenters. The summed E-state index contributed by atoms with van der Waals surface area (Å²) < 4.78 is 2.45. The van der Waals surface area contributed by atoms with Crippen LogP contribution in [0.2, 0.25) is 0 Å². The van der Waals surface area contributed by atoms with Crippen molar-refractivity contribution < 1.29 is 0 Å². The van der Waals surface area contributed by atoms with Gasteiger partial charge in [0.25, 0.3) is 0 Å². The van der Waals surface area contributed by atoms with Crippen molar-refractivity contribution in [1.82, 2.24) is 4.57 Å². The molecule has 0 saturated carbocycles. The highest BCUT2D eigenvalue weighted by atomic mass is 15.1. The van der Waals surface area contributed by atoms with E-state index >= 15 is 0 Å². The van der Waals surface area contributed by atoms with Crippen LogP contribution in [-0.2, 0) is 0 Å². The number of aromatic nitrogens is 1. The lowest BCUT2D eigenvalue weighted by Crippen LogP contribution is -2.11. The minimum atomic E-state index is 1.09. The number of hydrogen-bond acceptors (Lipinski definition) is 1. The Morgan fingerprint density at radius 3 is 1.60 bits per heavy atom. The second kappa shape index (κ2) is 14.8. The number of nitrogens with zero attached hydrogens (tertiary/aromatic N) is 2. The van der Waals surface area contributed by atoms with Crippen molar-refractivity contribution in [2.45, 2.75) is 0 Å². The Hall–Kier alpha value is -8.20. The van der Waals surface area contributed by atoms with E-state index in [0.717, 1.165) is 28.3 Å². The average Bonchev–Trinajstić information content (AvgIpc) is 3.69. The van der Waals surface area contributed by atoms with Crippen molar-refractivity contribution in [2.75, 3.05) is 4.90 Å². The first-order valence-electron chi connectivity index (χ1n) is 21.3. The smallest absolute Gasteiger partial charge is 0.0619 e. The fourth-order valence-electron chi connectivity index (χ4n) is 9.65. The van der Waals surface area contributed by atoms with E-state index in [0.29, 0.717) is 0 Å². The summed E-state index contributed by atoms with van der Waals surface area (Å²) in [6, 6.07) is 88.5. The van der Waals surface area contributed by atoms with E-state index < -0.39 is 0 Å². The summed E-state index contributed by atoms with van der Waals surface area (Å²) in [7, 11) is 0. The number of benzene rings is 11. The number of hydrogen-bond donors (Lipinski definition) is 0. The molecule has 12 rings (SSSR count). The molecule has 0 aliphatic rings. The standard InChI is InChI=1S/C60H40N2/c1-4-16-42(17-5-1)51-37-34-49(40-57(51)43-18-6-2-7-19-43)61(58-39-46-21-11-12-24-50(46)53-26-14-15-27-54(53)58)48-32-28-41(29-33-48)45-31-35-55-56-36-30-44-20-10-13-25-52(44)60(56)62(59(55)38-45)47-22-8-3-9-23-47/h1-40H. The zero-order valence-electron chi connectivity index (χ0n) is 34.0. The molecule has 1 heterocycles. The molecule has 1 aromatic heterocycles. The van der Waals surface area contributed by atoms with Crippen LogP contribution in [0.15, 0.2) is 243 Å². The fourth-order valence-corrected chi connectivity index (χ4v) is 9.65. The van der Waals surface area contributed by atoms with Gasteiger partial charge in [-0.15, -0.1) is 0 Å². The number of fused-ring (bicyclic) bond motifs is 8. The van der Waals surface area contributed by atoms with Crippen molar-refractivity contribution in [3.63, 3.8) is 0 Å². The van der Waals surface area contributed by atoms with Crippen LogP contribution in [-0.4, -0.2) is 4.57 Å². The van der Waals surface area contributed by atoms with Crippen LogP contribution >= 0.6 is 0 Å². The van der Waals surface area contributed by atoms with Gasteiger partial charge in [-0.3, -0.25) is 0 Å². The molecule has 0 aliphatic heterocycles. The molecule has 0 bridgehead atoms. The van der Waals surface area contributed by atoms with Gasteiger partial charge >= 0.3 is 0 Å². The summed E-state index contributed by atoms with van der Waals surface area (Å²) in [6.45, 7) is 0. The number of rotatable bonds is 7. The first-order chi connectivity index (χ1) is 30.8. The van der Waals surface area contributed by atoms with E-state index in [-0.39, 0.29) is 0 Å². The molecule has 2 heteroatoms. The summed E-state index contributed by atoms with van der Waals surface area (Å²) in [4.78, 5) is 2.45. The van der Waals surface area contributed by atoms with Gasteiger partial charge in [0.05, 0.1) is 16.7 Å². The van der Waals surface area contributed by atoms with Gasteiger partial charge in [0.1, 0.15) is 0 Å². The maximum atomic E-state index is 2.45. The highest BCUT2D eigenvalue weighted by molar-refractivity contribution is 6.19. The molecule has 290 valence electrons. The predicted octanol–water partition coefficient (Wildman–Crippen LogP) is 16.7. The summed E-state index contributed by atoms with van der Waals surface area (Å²) in [5.74, 6) is 0. The Kier molecular flexibility index (Phi) is 8.53. The number of para-hydroxylation sites is 1. The highest BCUT2D eigenvalue weighted by Crippen LogP contribution is 2.45. The molecule has 0 amide bonds. The van der Waals surface area contributed by atoms with Crippen molar-refractivity contribution in [3.8, 4) is 39.1 Å². The Bertz CT molecular complexity index is 3610. The molecule has 0 N–H and O–H groups in total. The third-order valence-electron chi connectivity index (χ3n) is 12.5. The third-order valence-corrected chi connectivity index (χ3v) is 12.5. The molecule has 0 unspecified atom stereocenters. The van der Waals surface area contributed by atoms with Crippen molar-refractivity contribution in [1.29, 1.82) is 0 Å². The zero-order chi connectivity index (χ0) is 41.0. The summed E-state index contributed by atoms with van der Waals surface area (Å²) >= 11 is 0. The third kappa shape index (κ3) is 5.96. The predicted molar refractivity (Wildman–Crippen MR) is 264 cm³/mol. The molecule has 0 spiro atoms. The maximum Gasteiger partial charge on any atom is 0.0619 e. The molecule has 0 saturated heterocycles. The second-order valence-electron chi connectivity index (χ2n) is 16.1. The van der Waals surface area contributed by atoms with Gasteiger partial charge in [-0.2, -0.15) is 0 Å². The lowest BCUT2D eigenvalue weighted by Gasteiger charge is -2.29. The zero-order valence-corrected chi connectivity index (χ0v) is 34.0. The molecule has 0 aliphatic carbocycles. The molecule has 2 nitrogen and oxygen atoms in total. The second-order valence-corrected chi connectivity index (χ2v) is 16.1.